The number of hydrogen-bond acceptors (Lipinski definition) is 2. The average Bonchev–Trinajstić information content (AvgIpc) is 1.84. The van der Waals surface area contributed by atoms with Crippen LogP contribution in [0.25, 0.3) is 0 Å². The first kappa shape index (κ1) is 12.7. The first-order valence-corrected chi connectivity index (χ1v) is 3.08. The van der Waals surface area contributed by atoms with Gasteiger partial charge in [0.2, 0.25) is 0 Å². The second-order valence-electron chi connectivity index (χ2n) is 2.25. The van der Waals surface area contributed by atoms with Crippen LogP contribution in [-0.4, -0.2) is 17.1 Å². The molecule has 4 heteroatoms. The van der Waals surface area contributed by atoms with Crippen LogP contribution >= 0.6 is 0 Å². The zero-order valence-corrected chi connectivity index (χ0v) is 9.47. The molecule has 2 unspecified atom stereocenters. The van der Waals surface area contributed by atoms with E-state index in [9.17, 15) is 4.79 Å². The number of carboxylic acid groups (broad SMARTS) is 1. The molecular formula is C6H13NO2Zn. The van der Waals surface area contributed by atoms with Gasteiger partial charge < -0.3 is 10.8 Å². The molecule has 0 aliphatic rings. The van der Waals surface area contributed by atoms with E-state index in [4.69, 9.17) is 10.8 Å². The van der Waals surface area contributed by atoms with Crippen molar-refractivity contribution in [2.24, 2.45) is 11.7 Å². The van der Waals surface area contributed by atoms with Crippen LogP contribution in [0.2, 0.25) is 0 Å². The zero-order chi connectivity index (χ0) is 7.44. The van der Waals surface area contributed by atoms with Crippen LogP contribution in [0.1, 0.15) is 20.3 Å². The molecule has 0 radical (unpaired) electrons. The molecule has 0 aromatic rings. The summed E-state index contributed by atoms with van der Waals surface area (Å²) in [6.45, 7) is 3.76. The van der Waals surface area contributed by atoms with E-state index in [-0.39, 0.29) is 25.4 Å². The van der Waals surface area contributed by atoms with E-state index in [2.05, 4.69) is 0 Å². The van der Waals surface area contributed by atoms with Crippen LogP contribution in [0.15, 0.2) is 0 Å². The SMILES string of the molecule is CCC(C)C(N)C(=O)O.[Zn]. The Morgan fingerprint density at radius 2 is 2.10 bits per heavy atom. The molecule has 10 heavy (non-hydrogen) atoms. The van der Waals surface area contributed by atoms with Crippen molar-refractivity contribution in [3.05, 3.63) is 0 Å². The van der Waals surface area contributed by atoms with Crippen LogP contribution in [-0.2, 0) is 24.3 Å². The smallest absolute Gasteiger partial charge is 0.320 e. The standard InChI is InChI=1S/C6H13NO2.Zn/c1-3-4(2)5(7)6(8)9;/h4-5H,3,7H2,1-2H3,(H,8,9);. The minimum Gasteiger partial charge on any atom is -0.480 e. The van der Waals surface area contributed by atoms with E-state index >= 15 is 0 Å². The van der Waals surface area contributed by atoms with Crippen molar-refractivity contribution in [3.8, 4) is 0 Å². The van der Waals surface area contributed by atoms with Gasteiger partial charge >= 0.3 is 5.97 Å². The van der Waals surface area contributed by atoms with Crippen LogP contribution in [0.5, 0.6) is 0 Å². The van der Waals surface area contributed by atoms with Gasteiger partial charge in [-0.1, -0.05) is 20.3 Å². The Labute approximate surface area is 73.7 Å². The molecule has 0 saturated carbocycles. The Kier molecular flexibility index (Phi) is 7.38. The van der Waals surface area contributed by atoms with Crippen LogP contribution < -0.4 is 5.73 Å². The molecule has 0 saturated heterocycles. The Morgan fingerprint density at radius 3 is 2.20 bits per heavy atom. The van der Waals surface area contributed by atoms with Crippen molar-refractivity contribution in [2.45, 2.75) is 26.3 Å². The minimum absolute atomic E-state index is 0. The molecule has 0 aromatic carbocycles. The maximum absolute atomic E-state index is 10.2. The van der Waals surface area contributed by atoms with E-state index in [1.54, 1.807) is 0 Å². The van der Waals surface area contributed by atoms with Crippen molar-refractivity contribution < 1.29 is 29.4 Å². The van der Waals surface area contributed by atoms with Gasteiger partial charge in [0.25, 0.3) is 0 Å². The summed E-state index contributed by atoms with van der Waals surface area (Å²) >= 11 is 0. The number of carboxylic acids is 1. The number of rotatable bonds is 3. The van der Waals surface area contributed by atoms with Crippen molar-refractivity contribution in [2.75, 3.05) is 0 Å². The maximum Gasteiger partial charge on any atom is 0.320 e. The second-order valence-corrected chi connectivity index (χ2v) is 2.25. The third kappa shape index (κ3) is 3.96. The van der Waals surface area contributed by atoms with Crippen LogP contribution in [0, 0.1) is 5.92 Å². The normalized spacial score (nSPS) is 15.1. The van der Waals surface area contributed by atoms with E-state index in [0.717, 1.165) is 6.42 Å². The van der Waals surface area contributed by atoms with Crippen molar-refractivity contribution in [1.82, 2.24) is 0 Å². The topological polar surface area (TPSA) is 63.3 Å². The second kappa shape index (κ2) is 5.81. The molecule has 0 spiro atoms. The average molecular weight is 197 g/mol. The molecule has 0 aliphatic carbocycles. The summed E-state index contributed by atoms with van der Waals surface area (Å²) in [6.07, 6.45) is 0.813. The van der Waals surface area contributed by atoms with Crippen molar-refractivity contribution in [1.29, 1.82) is 0 Å². The molecule has 0 amide bonds. The largest absolute Gasteiger partial charge is 0.480 e. The molecule has 0 fully saturated rings. The molecule has 3 nitrogen and oxygen atoms in total. The van der Waals surface area contributed by atoms with E-state index in [1.165, 1.54) is 0 Å². The third-order valence-corrected chi connectivity index (χ3v) is 1.54. The van der Waals surface area contributed by atoms with Gasteiger partial charge in [0.15, 0.2) is 0 Å². The van der Waals surface area contributed by atoms with E-state index in [0.29, 0.717) is 0 Å². The minimum atomic E-state index is -0.913. The summed E-state index contributed by atoms with van der Waals surface area (Å²) in [5.74, 6) is -0.841. The monoisotopic (exact) mass is 195 g/mol. The van der Waals surface area contributed by atoms with E-state index in [1.807, 2.05) is 13.8 Å². The summed E-state index contributed by atoms with van der Waals surface area (Å²) in [5.41, 5.74) is 5.27. The fourth-order valence-corrected chi connectivity index (χ4v) is 0.497. The summed E-state index contributed by atoms with van der Waals surface area (Å²) < 4.78 is 0. The molecule has 3 N–H and O–H groups in total. The fraction of sp³-hybridized carbons (Fsp3) is 0.833. The number of carbonyl (C=O) groups is 1. The molecule has 0 rings (SSSR count). The Balaban J connectivity index is 0. The number of hydrogen-bond donors (Lipinski definition) is 2. The summed E-state index contributed by atoms with van der Waals surface area (Å²) in [6, 6.07) is -0.699. The summed E-state index contributed by atoms with van der Waals surface area (Å²) in [7, 11) is 0. The maximum atomic E-state index is 10.2. The van der Waals surface area contributed by atoms with Crippen LogP contribution in [0.3, 0.4) is 0 Å². The summed E-state index contributed by atoms with van der Waals surface area (Å²) in [5, 5.41) is 8.36. The molecule has 56 valence electrons. The van der Waals surface area contributed by atoms with Gasteiger partial charge in [0.05, 0.1) is 0 Å². The number of aliphatic carboxylic acids is 1. The molecule has 0 aliphatic heterocycles. The van der Waals surface area contributed by atoms with Gasteiger partial charge in [-0.2, -0.15) is 0 Å². The molecule has 2 atom stereocenters. The molecular weight excluding hydrogens is 183 g/mol. The number of nitrogens with two attached hydrogens (primary N) is 1. The van der Waals surface area contributed by atoms with Gasteiger partial charge in [0, 0.05) is 19.5 Å². The van der Waals surface area contributed by atoms with E-state index < -0.39 is 12.0 Å². The van der Waals surface area contributed by atoms with Crippen molar-refractivity contribution >= 4 is 5.97 Å². The van der Waals surface area contributed by atoms with Gasteiger partial charge in [-0.05, 0) is 5.92 Å². The quantitative estimate of drug-likeness (QED) is 0.644. The van der Waals surface area contributed by atoms with Gasteiger partial charge in [0.1, 0.15) is 6.04 Å². The zero-order valence-electron chi connectivity index (χ0n) is 6.50. The summed E-state index contributed by atoms with van der Waals surface area (Å²) in [4.78, 5) is 10.2. The van der Waals surface area contributed by atoms with Crippen molar-refractivity contribution in [3.63, 3.8) is 0 Å². The Bertz CT molecular complexity index is 108. The first-order chi connectivity index (χ1) is 4.09. The third-order valence-electron chi connectivity index (χ3n) is 1.54. The molecule has 0 bridgehead atoms. The predicted octanol–water partition coefficient (Wildman–Crippen LogP) is 0.442. The first-order valence-electron chi connectivity index (χ1n) is 3.08. The Hall–Kier alpha value is 0.0534. The van der Waals surface area contributed by atoms with Gasteiger partial charge in [-0.3, -0.25) is 4.79 Å². The predicted molar refractivity (Wildman–Crippen MR) is 35.1 cm³/mol. The fourth-order valence-electron chi connectivity index (χ4n) is 0.497. The van der Waals surface area contributed by atoms with Gasteiger partial charge in [-0.15, -0.1) is 0 Å². The Morgan fingerprint density at radius 1 is 1.70 bits per heavy atom. The molecule has 0 aromatic heterocycles. The molecule has 0 heterocycles. The van der Waals surface area contributed by atoms with Crippen LogP contribution in [0.4, 0.5) is 0 Å². The van der Waals surface area contributed by atoms with Gasteiger partial charge in [-0.25, -0.2) is 0 Å².